The molecule has 1 atom stereocenters. The lowest BCUT2D eigenvalue weighted by molar-refractivity contribution is -0.140. The zero-order valence-corrected chi connectivity index (χ0v) is 20.5. The molecule has 0 bridgehead atoms. The number of hydrogen-bond donors (Lipinski definition) is 2. The molecule has 1 amide bonds. The number of nitrogens with two attached hydrogens (primary N) is 1. The summed E-state index contributed by atoms with van der Waals surface area (Å²) in [6, 6.07) is 3.94. The third-order valence-electron chi connectivity index (χ3n) is 7.07. The van der Waals surface area contributed by atoms with Gasteiger partial charge in [-0.1, -0.05) is 0 Å². The van der Waals surface area contributed by atoms with E-state index >= 15 is 0 Å². The van der Waals surface area contributed by atoms with Crippen molar-refractivity contribution >= 4 is 22.9 Å². The van der Waals surface area contributed by atoms with Gasteiger partial charge in [-0.2, -0.15) is 14.4 Å². The number of imidazole rings is 1. The topological polar surface area (TPSA) is 129 Å². The van der Waals surface area contributed by atoms with Crippen molar-refractivity contribution < 1.29 is 23.8 Å². The van der Waals surface area contributed by atoms with Crippen molar-refractivity contribution in [3.63, 3.8) is 0 Å². The summed E-state index contributed by atoms with van der Waals surface area (Å²) in [5.41, 5.74) is 8.83. The number of carbonyl (C=O) groups is 1. The SMILES string of the molecule is Cc1cc2c(cc1Cc1nc3c(N)nc(F)nc3n1CCC1CCN(C(=O)[C@H](C)O)CC1)OCCO2. The Morgan fingerprint density at radius 3 is 2.58 bits per heavy atom. The summed E-state index contributed by atoms with van der Waals surface area (Å²) in [7, 11) is 0. The molecule has 0 spiro atoms. The first-order valence-corrected chi connectivity index (χ1v) is 12.3. The largest absolute Gasteiger partial charge is 0.486 e. The fourth-order valence-electron chi connectivity index (χ4n) is 5.02. The highest BCUT2D eigenvalue weighted by Crippen LogP contribution is 2.34. The number of ether oxygens (including phenoxy) is 2. The molecule has 2 aliphatic rings. The Labute approximate surface area is 208 Å². The van der Waals surface area contributed by atoms with Gasteiger partial charge < -0.3 is 29.8 Å². The van der Waals surface area contributed by atoms with Crippen molar-refractivity contribution in [1.82, 2.24) is 24.4 Å². The summed E-state index contributed by atoms with van der Waals surface area (Å²) >= 11 is 0. The molecule has 3 aromatic rings. The van der Waals surface area contributed by atoms with E-state index in [1.54, 1.807) is 4.90 Å². The molecule has 4 heterocycles. The molecule has 1 saturated heterocycles. The minimum Gasteiger partial charge on any atom is -0.486 e. The first kappa shape index (κ1) is 24.2. The number of nitrogens with zero attached hydrogens (tertiary/aromatic N) is 5. The van der Waals surface area contributed by atoms with Gasteiger partial charge in [-0.3, -0.25) is 4.79 Å². The lowest BCUT2D eigenvalue weighted by atomic mass is 9.93. The van der Waals surface area contributed by atoms with E-state index in [1.807, 2.05) is 23.6 Å². The minimum absolute atomic E-state index is 0.0151. The van der Waals surface area contributed by atoms with E-state index in [0.717, 1.165) is 42.0 Å². The van der Waals surface area contributed by atoms with Gasteiger partial charge in [0.15, 0.2) is 28.5 Å². The average molecular weight is 499 g/mol. The molecule has 0 saturated carbocycles. The van der Waals surface area contributed by atoms with Crippen LogP contribution in [-0.4, -0.2) is 67.8 Å². The van der Waals surface area contributed by atoms with Gasteiger partial charge in [0.25, 0.3) is 5.91 Å². The number of aromatic nitrogens is 4. The highest BCUT2D eigenvalue weighted by Gasteiger charge is 2.26. The van der Waals surface area contributed by atoms with E-state index in [-0.39, 0.29) is 11.7 Å². The summed E-state index contributed by atoms with van der Waals surface area (Å²) in [6.45, 7) is 6.35. The zero-order valence-electron chi connectivity index (χ0n) is 20.5. The van der Waals surface area contributed by atoms with Crippen molar-refractivity contribution in [3.8, 4) is 11.5 Å². The lowest BCUT2D eigenvalue weighted by Gasteiger charge is -2.32. The summed E-state index contributed by atoms with van der Waals surface area (Å²) in [6.07, 6.45) is 1.13. The van der Waals surface area contributed by atoms with Crippen LogP contribution in [0.5, 0.6) is 11.5 Å². The zero-order chi connectivity index (χ0) is 25.4. The number of hydrogen-bond acceptors (Lipinski definition) is 8. The molecule has 1 fully saturated rings. The van der Waals surface area contributed by atoms with Crippen LogP contribution in [-0.2, 0) is 17.8 Å². The molecule has 0 unspecified atom stereocenters. The van der Waals surface area contributed by atoms with Crippen LogP contribution in [0, 0.1) is 18.9 Å². The number of anilines is 1. The molecule has 0 aliphatic carbocycles. The molecule has 1 aromatic carbocycles. The van der Waals surface area contributed by atoms with Crippen LogP contribution in [0.2, 0.25) is 0 Å². The van der Waals surface area contributed by atoms with Gasteiger partial charge in [-0.15, -0.1) is 0 Å². The number of halogens is 1. The van der Waals surface area contributed by atoms with Gasteiger partial charge in [0.1, 0.15) is 25.1 Å². The first-order chi connectivity index (χ1) is 17.3. The molecule has 36 heavy (non-hydrogen) atoms. The monoisotopic (exact) mass is 498 g/mol. The fraction of sp³-hybridized carbons (Fsp3) is 0.520. The number of rotatable bonds is 6. The van der Waals surface area contributed by atoms with Gasteiger partial charge in [-0.05, 0) is 62.3 Å². The summed E-state index contributed by atoms with van der Waals surface area (Å²) in [5, 5.41) is 9.58. The summed E-state index contributed by atoms with van der Waals surface area (Å²) < 4.78 is 27.5. The third-order valence-corrected chi connectivity index (χ3v) is 7.07. The number of fused-ring (bicyclic) bond motifs is 2. The predicted molar refractivity (Wildman–Crippen MR) is 130 cm³/mol. The van der Waals surface area contributed by atoms with E-state index in [9.17, 15) is 14.3 Å². The van der Waals surface area contributed by atoms with Crippen molar-refractivity contribution in [2.75, 3.05) is 32.0 Å². The van der Waals surface area contributed by atoms with Crippen LogP contribution in [0.15, 0.2) is 12.1 Å². The third kappa shape index (κ3) is 4.79. The van der Waals surface area contributed by atoms with Crippen molar-refractivity contribution in [3.05, 3.63) is 35.2 Å². The molecular formula is C25H31FN6O4. The number of likely N-dealkylation sites (tertiary alicyclic amines) is 1. The van der Waals surface area contributed by atoms with Crippen molar-refractivity contribution in [2.24, 2.45) is 5.92 Å². The Kier molecular flexibility index (Phi) is 6.65. The normalized spacial score (nSPS) is 16.9. The van der Waals surface area contributed by atoms with E-state index in [0.29, 0.717) is 62.1 Å². The molecule has 11 heteroatoms. The fourth-order valence-corrected chi connectivity index (χ4v) is 5.02. The van der Waals surface area contributed by atoms with Crippen molar-refractivity contribution in [1.29, 1.82) is 0 Å². The van der Waals surface area contributed by atoms with Gasteiger partial charge in [0.2, 0.25) is 0 Å². The smallest absolute Gasteiger partial charge is 0.312 e. The molecule has 5 rings (SSSR count). The Bertz CT molecular complexity index is 1290. The highest BCUT2D eigenvalue weighted by atomic mass is 19.1. The average Bonchev–Trinajstić information content (AvgIpc) is 3.20. The van der Waals surface area contributed by atoms with Crippen LogP contribution in [0.3, 0.4) is 0 Å². The number of nitrogen functional groups attached to an aromatic ring is 1. The molecule has 10 nitrogen and oxygen atoms in total. The van der Waals surface area contributed by atoms with E-state index in [2.05, 4.69) is 9.97 Å². The Hall–Kier alpha value is -3.47. The maximum Gasteiger partial charge on any atom is 0.312 e. The van der Waals surface area contributed by atoms with Crippen LogP contribution < -0.4 is 15.2 Å². The molecule has 3 N–H and O–H groups in total. The number of aliphatic hydroxyl groups excluding tert-OH is 1. The molecule has 2 aromatic heterocycles. The maximum atomic E-state index is 14.1. The van der Waals surface area contributed by atoms with E-state index < -0.39 is 12.2 Å². The van der Waals surface area contributed by atoms with E-state index in [1.165, 1.54) is 6.92 Å². The molecule has 2 aliphatic heterocycles. The van der Waals surface area contributed by atoms with Crippen LogP contribution in [0.1, 0.15) is 43.1 Å². The number of amides is 1. The van der Waals surface area contributed by atoms with Crippen LogP contribution >= 0.6 is 0 Å². The van der Waals surface area contributed by atoms with Gasteiger partial charge in [-0.25, -0.2) is 4.98 Å². The standard InChI is InChI=1S/C25H31FN6O4/c1-14-11-18-19(36-10-9-35-18)12-17(14)13-20-28-21-22(27)29-25(26)30-23(21)32(20)8-5-16-3-6-31(7-4-16)24(34)15(2)33/h11-12,15-16,33H,3-10,13H2,1-2H3,(H2,27,29,30)/t15-/m0/s1. The first-order valence-electron chi connectivity index (χ1n) is 12.3. The van der Waals surface area contributed by atoms with Gasteiger partial charge >= 0.3 is 6.08 Å². The Morgan fingerprint density at radius 1 is 1.19 bits per heavy atom. The lowest BCUT2D eigenvalue weighted by Crippen LogP contribution is -2.43. The van der Waals surface area contributed by atoms with Crippen molar-refractivity contribution in [2.45, 2.75) is 52.2 Å². The number of piperidine rings is 1. The minimum atomic E-state index is -0.981. The quantitative estimate of drug-likeness (QED) is 0.495. The summed E-state index contributed by atoms with van der Waals surface area (Å²) in [5.74, 6) is 2.32. The second kappa shape index (κ2) is 9.88. The van der Waals surface area contributed by atoms with Crippen LogP contribution in [0.4, 0.5) is 10.2 Å². The second-order valence-corrected chi connectivity index (χ2v) is 9.56. The maximum absolute atomic E-state index is 14.1. The summed E-state index contributed by atoms with van der Waals surface area (Å²) in [4.78, 5) is 26.2. The number of aliphatic hydroxyl groups is 1. The molecule has 192 valence electrons. The Morgan fingerprint density at radius 2 is 1.89 bits per heavy atom. The van der Waals surface area contributed by atoms with Crippen LogP contribution in [0.25, 0.3) is 11.2 Å². The van der Waals surface area contributed by atoms with Gasteiger partial charge in [0.05, 0.1) is 0 Å². The number of benzene rings is 1. The second-order valence-electron chi connectivity index (χ2n) is 9.56. The van der Waals surface area contributed by atoms with Gasteiger partial charge in [0, 0.05) is 26.1 Å². The van der Waals surface area contributed by atoms with E-state index in [4.69, 9.17) is 20.2 Å². The number of carbonyl (C=O) groups excluding carboxylic acids is 1. The highest BCUT2D eigenvalue weighted by molar-refractivity contribution is 5.82. The number of aryl methyl sites for hydroxylation is 2. The molecule has 0 radical (unpaired) electrons. The predicted octanol–water partition coefficient (Wildman–Crippen LogP) is 2.23. The molecular weight excluding hydrogens is 467 g/mol. The Balaban J connectivity index is 1.39.